The van der Waals surface area contributed by atoms with Crippen molar-refractivity contribution in [2.24, 2.45) is 7.05 Å². The average Bonchev–Trinajstić information content (AvgIpc) is 3.56. The molecule has 0 bridgehead atoms. The molecule has 0 spiro atoms. The van der Waals surface area contributed by atoms with Crippen LogP contribution in [0.3, 0.4) is 0 Å². The quantitative estimate of drug-likeness (QED) is 0.155. The smallest absolute Gasteiger partial charge is 0.248 e. The highest BCUT2D eigenvalue weighted by Gasteiger charge is 2.23. The van der Waals surface area contributed by atoms with E-state index in [0.29, 0.717) is 39.5 Å². The van der Waals surface area contributed by atoms with E-state index < -0.39 is 29.0 Å². The van der Waals surface area contributed by atoms with Gasteiger partial charge in [-0.1, -0.05) is 23.7 Å². The summed E-state index contributed by atoms with van der Waals surface area (Å²) in [5.74, 6) is -2.93. The Bertz CT molecular complexity index is 1900. The van der Waals surface area contributed by atoms with E-state index in [1.165, 1.54) is 6.08 Å². The van der Waals surface area contributed by atoms with Crippen molar-refractivity contribution in [3.8, 4) is 16.9 Å². The van der Waals surface area contributed by atoms with Crippen molar-refractivity contribution in [1.29, 1.82) is 0 Å². The molecule has 0 aliphatic carbocycles. The van der Waals surface area contributed by atoms with E-state index in [1.54, 1.807) is 48.3 Å². The first-order valence-electron chi connectivity index (χ1n) is 13.4. The molecule has 11 heteroatoms. The van der Waals surface area contributed by atoms with Gasteiger partial charge in [-0.3, -0.25) is 9.59 Å². The number of carbonyl (C=O) groups is 2. The van der Waals surface area contributed by atoms with Gasteiger partial charge in [0.05, 0.1) is 35.2 Å². The van der Waals surface area contributed by atoms with Gasteiger partial charge in [-0.25, -0.2) is 13.8 Å². The number of methoxy groups -OCH3 is 1. The van der Waals surface area contributed by atoms with Gasteiger partial charge < -0.3 is 24.3 Å². The Kier molecular flexibility index (Phi) is 8.09. The van der Waals surface area contributed by atoms with Crippen molar-refractivity contribution < 1.29 is 23.1 Å². The number of nitrogens with one attached hydrogen (secondary N) is 2. The van der Waals surface area contributed by atoms with Gasteiger partial charge in [-0.05, 0) is 51.1 Å². The summed E-state index contributed by atoms with van der Waals surface area (Å²) in [5.41, 5.74) is 2.46. The summed E-state index contributed by atoms with van der Waals surface area (Å²) >= 11 is 6.83. The van der Waals surface area contributed by atoms with Crippen LogP contribution in [0.4, 0.5) is 14.5 Å². The summed E-state index contributed by atoms with van der Waals surface area (Å²) in [5, 5.41) is 5.77. The number of ketones is 1. The van der Waals surface area contributed by atoms with Gasteiger partial charge in [0, 0.05) is 54.2 Å². The molecule has 2 N–H and O–H groups in total. The second kappa shape index (κ2) is 11.6. The van der Waals surface area contributed by atoms with Crippen LogP contribution < -0.4 is 15.4 Å². The molecule has 8 nitrogen and oxygen atoms in total. The highest BCUT2D eigenvalue weighted by molar-refractivity contribution is 6.38. The average molecular weight is 606 g/mol. The SMILES string of the molecule is COc1cc2c(ncn2C)c(Cl)c1-c1cccn2c(C(=O)c3cc(F)c(NC(=O)/C=C/CNC(C)(C)C)c(F)c3)ccc12. The van der Waals surface area contributed by atoms with Crippen LogP contribution in [0.5, 0.6) is 5.75 Å². The predicted octanol–water partition coefficient (Wildman–Crippen LogP) is 6.55. The number of carbonyl (C=O) groups excluding carboxylic acids is 2. The zero-order valence-electron chi connectivity index (χ0n) is 24.3. The fourth-order valence-electron chi connectivity index (χ4n) is 4.82. The Balaban J connectivity index is 1.46. The number of pyridine rings is 1. The first-order valence-corrected chi connectivity index (χ1v) is 13.8. The summed E-state index contributed by atoms with van der Waals surface area (Å²) < 4.78 is 39.1. The highest BCUT2D eigenvalue weighted by atomic mass is 35.5. The number of aromatic nitrogens is 3. The highest BCUT2D eigenvalue weighted by Crippen LogP contribution is 2.43. The van der Waals surface area contributed by atoms with Crippen molar-refractivity contribution in [2.45, 2.75) is 26.3 Å². The van der Waals surface area contributed by atoms with Gasteiger partial charge in [-0.15, -0.1) is 0 Å². The first-order chi connectivity index (χ1) is 20.4. The lowest BCUT2D eigenvalue weighted by Crippen LogP contribution is -2.35. The molecule has 43 heavy (non-hydrogen) atoms. The monoisotopic (exact) mass is 605 g/mol. The molecule has 0 fully saturated rings. The van der Waals surface area contributed by atoms with Gasteiger partial charge in [0.25, 0.3) is 0 Å². The van der Waals surface area contributed by atoms with Gasteiger partial charge >= 0.3 is 0 Å². The molecule has 0 saturated carbocycles. The maximum atomic E-state index is 15.0. The van der Waals surface area contributed by atoms with Crippen molar-refractivity contribution >= 4 is 45.5 Å². The van der Waals surface area contributed by atoms with E-state index in [-0.39, 0.29) is 16.8 Å². The zero-order chi connectivity index (χ0) is 31.1. The van der Waals surface area contributed by atoms with Gasteiger partial charge in [0.1, 0.15) is 28.6 Å². The molecule has 2 aromatic carbocycles. The second-order valence-corrected chi connectivity index (χ2v) is 11.4. The molecule has 1 amide bonds. The van der Waals surface area contributed by atoms with Crippen LogP contribution in [0.1, 0.15) is 36.8 Å². The minimum absolute atomic E-state index is 0.151. The second-order valence-electron chi connectivity index (χ2n) is 11.1. The molecule has 5 aromatic rings. The number of nitrogens with zero attached hydrogens (tertiary/aromatic N) is 3. The molecule has 3 heterocycles. The molecule has 0 saturated heterocycles. The van der Waals surface area contributed by atoms with Gasteiger partial charge in [0.15, 0.2) is 0 Å². The van der Waals surface area contributed by atoms with E-state index in [0.717, 1.165) is 17.6 Å². The van der Waals surface area contributed by atoms with Crippen LogP contribution in [0.2, 0.25) is 5.02 Å². The molecule has 0 unspecified atom stereocenters. The molecule has 222 valence electrons. The van der Waals surface area contributed by atoms with Crippen LogP contribution in [0.15, 0.2) is 67.1 Å². The fourth-order valence-corrected chi connectivity index (χ4v) is 5.16. The third kappa shape index (κ3) is 5.89. The Morgan fingerprint density at radius 1 is 1.09 bits per heavy atom. The Labute approximate surface area is 251 Å². The number of benzene rings is 2. The maximum Gasteiger partial charge on any atom is 0.248 e. The van der Waals surface area contributed by atoms with Crippen LogP contribution in [0.25, 0.3) is 27.7 Å². The van der Waals surface area contributed by atoms with E-state index in [2.05, 4.69) is 15.6 Å². The molecule has 5 rings (SSSR count). The minimum atomic E-state index is -1.07. The van der Waals surface area contributed by atoms with Crippen molar-refractivity contribution in [1.82, 2.24) is 19.3 Å². The lowest BCUT2D eigenvalue weighted by atomic mass is 10.0. The molecule has 0 aliphatic heterocycles. The van der Waals surface area contributed by atoms with Crippen LogP contribution in [-0.4, -0.2) is 44.8 Å². The maximum absolute atomic E-state index is 15.0. The third-order valence-corrected chi connectivity index (χ3v) is 7.28. The van der Waals surface area contributed by atoms with E-state index in [9.17, 15) is 18.4 Å². The standard InChI is InChI=1S/C32H30ClF2N5O3/c1-32(2,3)37-12-6-9-26(41)38-29-20(34)14-18(15-21(29)35)31(42)23-11-10-22-19(8-7-13-40(22)23)27-25(43-5)16-24-30(28(27)33)36-17-39(24)4/h6-11,13-17,37H,12H2,1-5H3,(H,38,41)/b9-6+. The number of hydrogen-bond donors (Lipinski definition) is 2. The summed E-state index contributed by atoms with van der Waals surface area (Å²) in [6, 6.07) is 10.5. The molecule has 3 aromatic heterocycles. The molecular weight excluding hydrogens is 576 g/mol. The molecule has 0 radical (unpaired) electrons. The number of halogens is 3. The first kappa shape index (κ1) is 29.9. The zero-order valence-corrected chi connectivity index (χ0v) is 25.0. The van der Waals surface area contributed by atoms with Gasteiger partial charge in [0.2, 0.25) is 11.7 Å². The van der Waals surface area contributed by atoms with E-state index >= 15 is 0 Å². The van der Waals surface area contributed by atoms with Crippen molar-refractivity contribution in [2.75, 3.05) is 19.0 Å². The number of rotatable bonds is 8. The largest absolute Gasteiger partial charge is 0.496 e. The lowest BCUT2D eigenvalue weighted by molar-refractivity contribution is -0.112. The van der Waals surface area contributed by atoms with Crippen LogP contribution >= 0.6 is 11.6 Å². The summed E-state index contributed by atoms with van der Waals surface area (Å²) in [4.78, 5) is 30.2. The van der Waals surface area contributed by atoms with Gasteiger partial charge in [-0.2, -0.15) is 0 Å². The minimum Gasteiger partial charge on any atom is -0.496 e. The third-order valence-electron chi connectivity index (χ3n) is 6.91. The number of hydrogen-bond acceptors (Lipinski definition) is 5. The van der Waals surface area contributed by atoms with Crippen LogP contribution in [0, 0.1) is 11.6 Å². The number of imidazole rings is 1. The normalized spacial score (nSPS) is 12.0. The lowest BCUT2D eigenvalue weighted by Gasteiger charge is -2.18. The number of anilines is 1. The Morgan fingerprint density at radius 2 is 1.81 bits per heavy atom. The summed E-state index contributed by atoms with van der Waals surface area (Å²) in [6.45, 7) is 6.32. The number of aryl methyl sites for hydroxylation is 1. The van der Waals surface area contributed by atoms with E-state index in [1.807, 2.05) is 44.5 Å². The molecule has 0 atom stereocenters. The summed E-state index contributed by atoms with van der Waals surface area (Å²) in [7, 11) is 3.40. The number of amides is 1. The topological polar surface area (TPSA) is 89.7 Å². The molecule has 0 aliphatic rings. The fraction of sp³-hybridized carbons (Fsp3) is 0.219. The molecular formula is C32H30ClF2N5O3. The number of fused-ring (bicyclic) bond motifs is 2. The van der Waals surface area contributed by atoms with Crippen molar-refractivity contribution in [3.05, 3.63) is 95.1 Å². The number of ether oxygens (including phenoxy) is 1. The van der Waals surface area contributed by atoms with Crippen molar-refractivity contribution in [3.63, 3.8) is 0 Å². The Morgan fingerprint density at radius 3 is 2.49 bits per heavy atom. The van der Waals surface area contributed by atoms with Crippen LogP contribution in [-0.2, 0) is 11.8 Å². The van der Waals surface area contributed by atoms with E-state index in [4.69, 9.17) is 16.3 Å². The Hall–Kier alpha value is -4.54. The predicted molar refractivity (Wildman–Crippen MR) is 164 cm³/mol. The summed E-state index contributed by atoms with van der Waals surface area (Å²) in [6.07, 6.45) is 6.07.